The number of nitrogens with one attached hydrogen (secondary N) is 2. The first kappa shape index (κ1) is 20.6. The molecular weight excluding hydrogens is 326 g/mol. The first-order valence-electron chi connectivity index (χ1n) is 8.36. The Labute approximate surface area is 150 Å². The molecule has 2 rings (SSSR count). The van der Waals surface area contributed by atoms with Gasteiger partial charge in [0.1, 0.15) is 0 Å². The Bertz CT molecular complexity index is 557. The lowest BCUT2D eigenvalue weighted by Crippen LogP contribution is -2.46. The van der Waals surface area contributed by atoms with Crippen LogP contribution in [-0.4, -0.2) is 55.9 Å². The number of carbonyl (C=O) groups is 2. The van der Waals surface area contributed by atoms with Gasteiger partial charge in [0.25, 0.3) is 0 Å². The van der Waals surface area contributed by atoms with E-state index < -0.39 is 0 Å². The molecule has 1 heterocycles. The summed E-state index contributed by atoms with van der Waals surface area (Å²) in [5.41, 5.74) is 2.78. The van der Waals surface area contributed by atoms with Crippen LogP contribution >= 0.6 is 12.4 Å². The van der Waals surface area contributed by atoms with Crippen LogP contribution in [0, 0.1) is 13.8 Å². The third-order valence-corrected chi connectivity index (χ3v) is 4.23. The zero-order chi connectivity index (χ0) is 16.7. The second kappa shape index (κ2) is 10.4. The standard InChI is InChI=1S/C18H27N3O2.ClH/c1-14-3-4-15(2)16(13-14)17(22)5-6-18(23)20-9-12-21-10-7-19-8-11-21;/h3-4,13,19H,5-12H2,1-2H3,(H,20,23);1H. The van der Waals surface area contributed by atoms with Crippen molar-refractivity contribution in [3.05, 3.63) is 34.9 Å². The van der Waals surface area contributed by atoms with E-state index in [1.807, 2.05) is 32.0 Å². The summed E-state index contributed by atoms with van der Waals surface area (Å²) in [6.07, 6.45) is 0.525. The molecule has 1 aliphatic rings. The van der Waals surface area contributed by atoms with Crippen LogP contribution in [0.25, 0.3) is 0 Å². The van der Waals surface area contributed by atoms with Crippen LogP contribution in [0.5, 0.6) is 0 Å². The van der Waals surface area contributed by atoms with Crippen LogP contribution in [0.2, 0.25) is 0 Å². The predicted octanol–water partition coefficient (Wildman–Crippen LogP) is 1.71. The van der Waals surface area contributed by atoms with E-state index in [9.17, 15) is 9.59 Å². The Kier molecular flexibility index (Phi) is 8.97. The summed E-state index contributed by atoms with van der Waals surface area (Å²) in [7, 11) is 0. The summed E-state index contributed by atoms with van der Waals surface area (Å²) in [6.45, 7) is 9.51. The van der Waals surface area contributed by atoms with E-state index in [2.05, 4.69) is 15.5 Å². The number of rotatable bonds is 7. The Morgan fingerprint density at radius 2 is 1.88 bits per heavy atom. The Morgan fingerprint density at radius 3 is 2.58 bits per heavy atom. The number of amides is 1. The quantitative estimate of drug-likeness (QED) is 0.733. The molecule has 0 radical (unpaired) electrons. The van der Waals surface area contributed by atoms with Gasteiger partial charge >= 0.3 is 0 Å². The maximum absolute atomic E-state index is 12.2. The maximum Gasteiger partial charge on any atom is 0.220 e. The molecule has 1 aliphatic heterocycles. The molecule has 0 unspecified atom stereocenters. The fourth-order valence-electron chi connectivity index (χ4n) is 2.77. The first-order chi connectivity index (χ1) is 11.1. The predicted molar refractivity (Wildman–Crippen MR) is 99.0 cm³/mol. The minimum Gasteiger partial charge on any atom is -0.355 e. The summed E-state index contributed by atoms with van der Waals surface area (Å²) >= 11 is 0. The molecule has 0 aromatic heterocycles. The van der Waals surface area contributed by atoms with Gasteiger partial charge in [-0.3, -0.25) is 14.5 Å². The molecule has 0 bridgehead atoms. The van der Waals surface area contributed by atoms with Crippen molar-refractivity contribution in [3.63, 3.8) is 0 Å². The molecule has 0 atom stereocenters. The highest BCUT2D eigenvalue weighted by molar-refractivity contribution is 5.99. The monoisotopic (exact) mass is 353 g/mol. The molecule has 2 N–H and O–H groups in total. The normalized spacial score (nSPS) is 14.8. The van der Waals surface area contributed by atoms with Gasteiger partial charge in [-0.05, 0) is 25.5 Å². The minimum absolute atomic E-state index is 0. The van der Waals surface area contributed by atoms with Gasteiger partial charge in [0, 0.05) is 57.7 Å². The molecule has 0 saturated carbocycles. The van der Waals surface area contributed by atoms with Crippen molar-refractivity contribution in [2.45, 2.75) is 26.7 Å². The van der Waals surface area contributed by atoms with E-state index in [1.54, 1.807) is 0 Å². The van der Waals surface area contributed by atoms with E-state index >= 15 is 0 Å². The van der Waals surface area contributed by atoms with Gasteiger partial charge in [-0.25, -0.2) is 0 Å². The van der Waals surface area contributed by atoms with Crippen molar-refractivity contribution >= 4 is 24.1 Å². The summed E-state index contributed by atoms with van der Waals surface area (Å²) < 4.78 is 0. The molecule has 0 aliphatic carbocycles. The second-order valence-corrected chi connectivity index (χ2v) is 6.18. The number of hydrogen-bond donors (Lipinski definition) is 2. The number of halogens is 1. The van der Waals surface area contributed by atoms with E-state index in [-0.39, 0.29) is 36.9 Å². The maximum atomic E-state index is 12.2. The molecule has 1 aromatic rings. The smallest absolute Gasteiger partial charge is 0.220 e. The Morgan fingerprint density at radius 1 is 1.17 bits per heavy atom. The number of aryl methyl sites for hydroxylation is 2. The lowest BCUT2D eigenvalue weighted by atomic mass is 9.99. The average molecular weight is 354 g/mol. The van der Waals surface area contributed by atoms with E-state index in [1.165, 1.54) is 0 Å². The van der Waals surface area contributed by atoms with Crippen LogP contribution < -0.4 is 10.6 Å². The van der Waals surface area contributed by atoms with Crippen molar-refractivity contribution in [3.8, 4) is 0 Å². The van der Waals surface area contributed by atoms with E-state index in [4.69, 9.17) is 0 Å². The number of ketones is 1. The highest BCUT2D eigenvalue weighted by atomic mass is 35.5. The number of Topliss-reactive ketones (excluding diaryl/α,β-unsaturated/α-hetero) is 1. The molecule has 6 heteroatoms. The van der Waals surface area contributed by atoms with Gasteiger partial charge in [-0.15, -0.1) is 12.4 Å². The van der Waals surface area contributed by atoms with Crippen molar-refractivity contribution in [1.29, 1.82) is 0 Å². The zero-order valence-electron chi connectivity index (χ0n) is 14.6. The lowest BCUT2D eigenvalue weighted by Gasteiger charge is -2.27. The van der Waals surface area contributed by atoms with Gasteiger partial charge in [-0.2, -0.15) is 0 Å². The fraction of sp³-hybridized carbons (Fsp3) is 0.556. The highest BCUT2D eigenvalue weighted by Crippen LogP contribution is 2.13. The SMILES string of the molecule is Cc1ccc(C)c(C(=O)CCC(=O)NCCN2CCNCC2)c1.Cl. The molecule has 5 nitrogen and oxygen atoms in total. The molecule has 134 valence electrons. The molecular formula is C18H28ClN3O2. The molecule has 24 heavy (non-hydrogen) atoms. The molecule has 1 saturated heterocycles. The van der Waals surface area contributed by atoms with E-state index in [0.717, 1.165) is 49.4 Å². The second-order valence-electron chi connectivity index (χ2n) is 6.18. The van der Waals surface area contributed by atoms with Crippen LogP contribution in [-0.2, 0) is 4.79 Å². The largest absolute Gasteiger partial charge is 0.355 e. The van der Waals surface area contributed by atoms with Gasteiger partial charge in [0.15, 0.2) is 5.78 Å². The molecule has 1 amide bonds. The van der Waals surface area contributed by atoms with Gasteiger partial charge in [-0.1, -0.05) is 17.7 Å². The third kappa shape index (κ3) is 6.59. The van der Waals surface area contributed by atoms with Crippen LogP contribution in [0.1, 0.15) is 34.3 Å². The molecule has 0 spiro atoms. The number of carbonyl (C=O) groups excluding carboxylic acids is 2. The highest BCUT2D eigenvalue weighted by Gasteiger charge is 2.13. The average Bonchev–Trinajstić information content (AvgIpc) is 2.56. The number of benzene rings is 1. The third-order valence-electron chi connectivity index (χ3n) is 4.23. The fourth-order valence-corrected chi connectivity index (χ4v) is 2.77. The summed E-state index contributed by atoms with van der Waals surface area (Å²) in [5, 5.41) is 6.21. The van der Waals surface area contributed by atoms with Crippen LogP contribution in [0.4, 0.5) is 0 Å². The van der Waals surface area contributed by atoms with Crippen LogP contribution in [0.3, 0.4) is 0 Å². The zero-order valence-corrected chi connectivity index (χ0v) is 15.4. The van der Waals surface area contributed by atoms with Gasteiger partial charge in [0.05, 0.1) is 0 Å². The van der Waals surface area contributed by atoms with Crippen molar-refractivity contribution in [2.75, 3.05) is 39.3 Å². The summed E-state index contributed by atoms with van der Waals surface area (Å²) in [6, 6.07) is 5.85. The molecule has 1 aromatic carbocycles. The number of nitrogens with zero attached hydrogens (tertiary/aromatic N) is 1. The number of hydrogen-bond acceptors (Lipinski definition) is 4. The Balaban J connectivity index is 0.00000288. The van der Waals surface area contributed by atoms with Crippen molar-refractivity contribution in [2.24, 2.45) is 0 Å². The van der Waals surface area contributed by atoms with Crippen molar-refractivity contribution in [1.82, 2.24) is 15.5 Å². The topological polar surface area (TPSA) is 61.4 Å². The summed E-state index contributed by atoms with van der Waals surface area (Å²) in [5.74, 6) is 0.00208. The summed E-state index contributed by atoms with van der Waals surface area (Å²) in [4.78, 5) is 26.5. The lowest BCUT2D eigenvalue weighted by molar-refractivity contribution is -0.121. The molecule has 1 fully saturated rings. The van der Waals surface area contributed by atoms with E-state index in [0.29, 0.717) is 6.54 Å². The number of piperazine rings is 1. The Hall–Kier alpha value is -1.43. The van der Waals surface area contributed by atoms with Gasteiger partial charge < -0.3 is 10.6 Å². The van der Waals surface area contributed by atoms with Crippen molar-refractivity contribution < 1.29 is 9.59 Å². The minimum atomic E-state index is -0.0428. The van der Waals surface area contributed by atoms with Gasteiger partial charge in [0.2, 0.25) is 5.91 Å². The first-order valence-corrected chi connectivity index (χ1v) is 8.36. The van der Waals surface area contributed by atoms with Crippen LogP contribution in [0.15, 0.2) is 18.2 Å².